The van der Waals surface area contributed by atoms with Crippen LogP contribution >= 0.6 is 0 Å². The Hall–Kier alpha value is -0.500. The molecule has 1 aliphatic carbocycles. The van der Waals surface area contributed by atoms with E-state index in [0.717, 1.165) is 12.8 Å². The minimum Gasteiger partial charge on any atom is -0.512 e. The van der Waals surface area contributed by atoms with Crippen LogP contribution in [0.5, 0.6) is 0 Å². The van der Waals surface area contributed by atoms with E-state index in [1.165, 1.54) is 0 Å². The van der Waals surface area contributed by atoms with Crippen molar-refractivity contribution in [3.8, 4) is 0 Å². The molecule has 0 atom stereocenters. The first-order valence-corrected chi connectivity index (χ1v) is 3.18. The van der Waals surface area contributed by atoms with Gasteiger partial charge in [0.1, 0.15) is 0 Å². The largest absolute Gasteiger partial charge is 0.512 e. The first-order valence-electron chi connectivity index (χ1n) is 3.18. The highest BCUT2D eigenvalue weighted by Crippen LogP contribution is 2.43. The molecule has 1 saturated carbocycles. The van der Waals surface area contributed by atoms with Crippen LogP contribution < -0.4 is 5.73 Å². The molecule has 0 aromatic carbocycles. The van der Waals surface area contributed by atoms with Gasteiger partial charge in [0, 0.05) is 11.5 Å². The van der Waals surface area contributed by atoms with Crippen LogP contribution in [-0.4, -0.2) is 11.1 Å². The zero-order valence-electron chi connectivity index (χ0n) is 5.72. The third-order valence-electron chi connectivity index (χ3n) is 2.12. The van der Waals surface area contributed by atoms with Gasteiger partial charge < -0.3 is 10.8 Å². The van der Waals surface area contributed by atoms with Gasteiger partial charge >= 0.3 is 0 Å². The first-order chi connectivity index (χ1) is 4.04. The van der Waals surface area contributed by atoms with Crippen molar-refractivity contribution in [3.05, 3.63) is 12.3 Å². The number of rotatable bonds is 1. The van der Waals surface area contributed by atoms with Crippen LogP contribution in [-0.2, 0) is 0 Å². The van der Waals surface area contributed by atoms with Gasteiger partial charge in [0.15, 0.2) is 0 Å². The van der Waals surface area contributed by atoms with Gasteiger partial charge in [-0.2, -0.15) is 0 Å². The Bertz CT molecular complexity index is 136. The maximum absolute atomic E-state index is 9.00. The lowest BCUT2D eigenvalue weighted by atomic mass is 9.66. The Balaban J connectivity index is 2.50. The van der Waals surface area contributed by atoms with Crippen molar-refractivity contribution in [2.75, 3.05) is 0 Å². The molecule has 0 aromatic heterocycles. The average molecular weight is 127 g/mol. The van der Waals surface area contributed by atoms with E-state index in [9.17, 15) is 0 Å². The molecule has 3 N–H and O–H groups in total. The predicted octanol–water partition coefficient (Wildman–Crippen LogP) is 1.19. The summed E-state index contributed by atoms with van der Waals surface area (Å²) in [4.78, 5) is 0. The van der Waals surface area contributed by atoms with Crippen molar-refractivity contribution in [3.63, 3.8) is 0 Å². The Morgan fingerprint density at radius 2 is 2.22 bits per heavy atom. The Kier molecular flexibility index (Phi) is 1.28. The van der Waals surface area contributed by atoms with E-state index < -0.39 is 0 Å². The molecule has 0 amide bonds. The highest BCUT2D eigenvalue weighted by Gasteiger charge is 2.40. The quantitative estimate of drug-likeness (QED) is 0.520. The Morgan fingerprint density at radius 1 is 1.78 bits per heavy atom. The lowest BCUT2D eigenvalue weighted by Gasteiger charge is -2.42. The summed E-state index contributed by atoms with van der Waals surface area (Å²) in [6, 6.07) is 0.277. The van der Waals surface area contributed by atoms with Crippen molar-refractivity contribution in [1.82, 2.24) is 0 Å². The van der Waals surface area contributed by atoms with Crippen LogP contribution in [0.4, 0.5) is 0 Å². The van der Waals surface area contributed by atoms with Crippen molar-refractivity contribution in [2.24, 2.45) is 11.1 Å². The van der Waals surface area contributed by atoms with E-state index >= 15 is 0 Å². The number of hydrogen-bond acceptors (Lipinski definition) is 2. The van der Waals surface area contributed by atoms with Crippen LogP contribution in [0.2, 0.25) is 0 Å². The topological polar surface area (TPSA) is 46.2 Å². The Labute approximate surface area is 55.4 Å². The molecule has 0 aromatic rings. The van der Waals surface area contributed by atoms with Gasteiger partial charge in [-0.15, -0.1) is 0 Å². The normalized spacial score (nSPS) is 41.8. The monoisotopic (exact) mass is 127 g/mol. The summed E-state index contributed by atoms with van der Waals surface area (Å²) in [6.07, 6.45) is 1.75. The number of aliphatic hydroxyl groups excluding tert-OH is 1. The third-order valence-corrected chi connectivity index (χ3v) is 2.12. The lowest BCUT2D eigenvalue weighted by molar-refractivity contribution is 0.112. The highest BCUT2D eigenvalue weighted by molar-refractivity contribution is 5.08. The van der Waals surface area contributed by atoms with Gasteiger partial charge in [-0.25, -0.2) is 0 Å². The van der Waals surface area contributed by atoms with Crippen molar-refractivity contribution in [1.29, 1.82) is 0 Å². The maximum atomic E-state index is 9.00. The number of nitrogens with two attached hydrogens (primary N) is 1. The minimum atomic E-state index is -0.0700. The second-order valence-electron chi connectivity index (χ2n) is 3.18. The zero-order chi connectivity index (χ0) is 7.07. The number of aliphatic hydroxyl groups is 1. The second-order valence-corrected chi connectivity index (χ2v) is 3.18. The molecule has 9 heavy (non-hydrogen) atoms. The molecule has 0 aliphatic heterocycles. The van der Waals surface area contributed by atoms with Gasteiger partial charge in [0.05, 0.1) is 5.76 Å². The fourth-order valence-electron chi connectivity index (χ4n) is 1.33. The van der Waals surface area contributed by atoms with Gasteiger partial charge in [-0.3, -0.25) is 0 Å². The number of hydrogen-bond donors (Lipinski definition) is 2. The molecule has 2 nitrogen and oxygen atoms in total. The molecule has 1 aliphatic rings. The summed E-state index contributed by atoms with van der Waals surface area (Å²) in [5.41, 5.74) is 5.47. The van der Waals surface area contributed by atoms with E-state index in [1.54, 1.807) is 0 Å². The SMILES string of the molecule is C=C(O)C1(C)CC(N)C1. The maximum Gasteiger partial charge on any atom is 0.0911 e. The highest BCUT2D eigenvalue weighted by atomic mass is 16.3. The van der Waals surface area contributed by atoms with Gasteiger partial charge in [-0.05, 0) is 12.8 Å². The molecule has 2 heteroatoms. The molecule has 0 saturated heterocycles. The van der Waals surface area contributed by atoms with E-state index in [4.69, 9.17) is 10.8 Å². The second kappa shape index (κ2) is 1.74. The fraction of sp³-hybridized carbons (Fsp3) is 0.714. The van der Waals surface area contributed by atoms with Crippen LogP contribution in [0, 0.1) is 5.41 Å². The van der Waals surface area contributed by atoms with Crippen LogP contribution in [0.25, 0.3) is 0 Å². The molecule has 52 valence electrons. The van der Waals surface area contributed by atoms with Crippen LogP contribution in [0.3, 0.4) is 0 Å². The molecule has 0 spiro atoms. The summed E-state index contributed by atoms with van der Waals surface area (Å²) in [5, 5.41) is 9.00. The summed E-state index contributed by atoms with van der Waals surface area (Å²) < 4.78 is 0. The number of allylic oxidation sites excluding steroid dienone is 1. The van der Waals surface area contributed by atoms with Gasteiger partial charge in [0.25, 0.3) is 0 Å². The Morgan fingerprint density at radius 3 is 2.33 bits per heavy atom. The molecule has 0 heterocycles. The van der Waals surface area contributed by atoms with E-state index in [-0.39, 0.29) is 17.2 Å². The third kappa shape index (κ3) is 0.944. The van der Waals surface area contributed by atoms with Crippen molar-refractivity contribution >= 4 is 0 Å². The molecule has 1 fully saturated rings. The molecular weight excluding hydrogens is 114 g/mol. The predicted molar refractivity (Wildman–Crippen MR) is 37.1 cm³/mol. The molecule has 0 unspecified atom stereocenters. The molecule has 1 rings (SSSR count). The smallest absolute Gasteiger partial charge is 0.0911 e. The molecule has 0 radical (unpaired) electrons. The van der Waals surface area contributed by atoms with Crippen molar-refractivity contribution in [2.45, 2.75) is 25.8 Å². The first kappa shape index (κ1) is 6.62. The lowest BCUT2D eigenvalue weighted by Crippen LogP contribution is -2.45. The van der Waals surface area contributed by atoms with Crippen molar-refractivity contribution < 1.29 is 5.11 Å². The molecule has 0 bridgehead atoms. The average Bonchev–Trinajstić information content (AvgIpc) is 1.62. The molecular formula is C7H13NO. The minimum absolute atomic E-state index is 0.0700. The van der Waals surface area contributed by atoms with E-state index in [0.29, 0.717) is 0 Å². The van der Waals surface area contributed by atoms with Gasteiger partial charge in [0.2, 0.25) is 0 Å². The summed E-state index contributed by atoms with van der Waals surface area (Å²) in [6.45, 7) is 5.47. The van der Waals surface area contributed by atoms with Crippen LogP contribution in [0.1, 0.15) is 19.8 Å². The van der Waals surface area contributed by atoms with E-state index in [2.05, 4.69) is 6.58 Å². The zero-order valence-corrected chi connectivity index (χ0v) is 5.72. The van der Waals surface area contributed by atoms with Gasteiger partial charge in [-0.1, -0.05) is 13.5 Å². The van der Waals surface area contributed by atoms with Crippen LogP contribution in [0.15, 0.2) is 12.3 Å². The fourth-order valence-corrected chi connectivity index (χ4v) is 1.33. The summed E-state index contributed by atoms with van der Waals surface area (Å²) >= 11 is 0. The van der Waals surface area contributed by atoms with E-state index in [1.807, 2.05) is 6.92 Å². The summed E-state index contributed by atoms with van der Waals surface area (Å²) in [7, 11) is 0. The standard InChI is InChI=1S/C7H13NO/c1-5(9)7(2)3-6(8)4-7/h6,9H,1,3-4,8H2,2H3. The summed E-state index contributed by atoms with van der Waals surface area (Å²) in [5.74, 6) is 0.282.